The zero-order valence-corrected chi connectivity index (χ0v) is 17.9. The summed E-state index contributed by atoms with van der Waals surface area (Å²) in [5, 5.41) is 12.6. The zero-order chi connectivity index (χ0) is 22.7. The van der Waals surface area contributed by atoms with Crippen molar-refractivity contribution in [3.63, 3.8) is 0 Å². The summed E-state index contributed by atoms with van der Waals surface area (Å²) in [5.41, 5.74) is 10.1. The Labute approximate surface area is 189 Å². The van der Waals surface area contributed by atoms with E-state index in [-0.39, 0.29) is 18.8 Å². The number of benzene rings is 2. The number of anilines is 3. The van der Waals surface area contributed by atoms with E-state index in [1.54, 1.807) is 6.20 Å². The Kier molecular flexibility index (Phi) is 6.04. The number of nitrogens with two attached hydrogens (primary N) is 1. The summed E-state index contributed by atoms with van der Waals surface area (Å²) in [5.74, 6) is 0.776. The van der Waals surface area contributed by atoms with Crippen molar-refractivity contribution in [2.45, 2.75) is 19.8 Å². The number of halogens is 1. The van der Waals surface area contributed by atoms with Gasteiger partial charge in [-0.1, -0.05) is 17.7 Å². The molecule has 4 aromatic rings. The van der Waals surface area contributed by atoms with E-state index in [1.807, 2.05) is 55.5 Å². The Morgan fingerprint density at radius 3 is 2.69 bits per heavy atom. The first-order valence-electron chi connectivity index (χ1n) is 9.82. The molecule has 0 saturated heterocycles. The lowest BCUT2D eigenvalue weighted by atomic mass is 10.1. The molecule has 0 spiro atoms. The Morgan fingerprint density at radius 1 is 1.16 bits per heavy atom. The van der Waals surface area contributed by atoms with Gasteiger partial charge < -0.3 is 20.6 Å². The van der Waals surface area contributed by atoms with E-state index in [0.717, 1.165) is 22.4 Å². The minimum Gasteiger partial charge on any atom is -0.481 e. The molecule has 0 atom stereocenters. The standard InChI is InChI=1S/C23H20ClN5O3/c1-13-2-5-15(24)10-17(13)18-11-20(29-23(25)28-18)27-16-6-3-14(4-7-16)19-12-26-21(32-19)8-9-22(30)31/h2-7,10-12H,8-9H2,1H3,(H,30,31)(H3,25,27,28,29). The summed E-state index contributed by atoms with van der Waals surface area (Å²) >= 11 is 6.15. The smallest absolute Gasteiger partial charge is 0.303 e. The third kappa shape index (κ3) is 5.04. The van der Waals surface area contributed by atoms with Gasteiger partial charge in [-0.25, -0.2) is 9.97 Å². The van der Waals surface area contributed by atoms with E-state index < -0.39 is 5.97 Å². The Balaban J connectivity index is 1.52. The van der Waals surface area contributed by atoms with E-state index in [1.165, 1.54) is 0 Å². The molecule has 0 aliphatic carbocycles. The highest BCUT2D eigenvalue weighted by molar-refractivity contribution is 6.30. The van der Waals surface area contributed by atoms with Crippen LogP contribution in [0.1, 0.15) is 17.9 Å². The molecule has 0 aliphatic rings. The fourth-order valence-electron chi connectivity index (χ4n) is 3.18. The lowest BCUT2D eigenvalue weighted by Gasteiger charge is -2.11. The number of nitrogens with zero attached hydrogens (tertiary/aromatic N) is 3. The average molecular weight is 450 g/mol. The van der Waals surface area contributed by atoms with Gasteiger partial charge in [-0.2, -0.15) is 4.98 Å². The first-order valence-corrected chi connectivity index (χ1v) is 10.2. The third-order valence-electron chi connectivity index (χ3n) is 4.77. The molecule has 0 radical (unpaired) electrons. The number of carbonyl (C=O) groups is 1. The number of carboxylic acids is 1. The largest absolute Gasteiger partial charge is 0.481 e. The van der Waals surface area contributed by atoms with Crippen molar-refractivity contribution in [1.29, 1.82) is 0 Å². The molecule has 32 heavy (non-hydrogen) atoms. The molecular formula is C23H20ClN5O3. The van der Waals surface area contributed by atoms with Crippen molar-refractivity contribution in [3.8, 4) is 22.6 Å². The van der Waals surface area contributed by atoms with Crippen LogP contribution in [0.15, 0.2) is 59.1 Å². The van der Waals surface area contributed by atoms with Gasteiger partial charge in [0.1, 0.15) is 5.82 Å². The zero-order valence-electron chi connectivity index (χ0n) is 17.2. The van der Waals surface area contributed by atoms with Gasteiger partial charge in [0.05, 0.1) is 18.3 Å². The minimum absolute atomic E-state index is 0.0262. The average Bonchev–Trinajstić information content (AvgIpc) is 3.23. The number of aliphatic carboxylic acids is 1. The number of nitrogens with one attached hydrogen (secondary N) is 1. The van der Waals surface area contributed by atoms with Crippen molar-refractivity contribution in [3.05, 3.63) is 71.2 Å². The topological polar surface area (TPSA) is 127 Å². The van der Waals surface area contributed by atoms with Crippen LogP contribution in [0.5, 0.6) is 0 Å². The predicted octanol–water partition coefficient (Wildman–Crippen LogP) is 5.10. The number of hydrogen-bond donors (Lipinski definition) is 3. The molecule has 0 unspecified atom stereocenters. The van der Waals surface area contributed by atoms with Gasteiger partial charge in [0.2, 0.25) is 5.95 Å². The normalized spacial score (nSPS) is 10.8. The highest BCUT2D eigenvalue weighted by Crippen LogP contribution is 2.29. The van der Waals surface area contributed by atoms with Crippen molar-refractivity contribution < 1.29 is 14.3 Å². The van der Waals surface area contributed by atoms with Crippen LogP contribution in [0.3, 0.4) is 0 Å². The van der Waals surface area contributed by atoms with Crippen molar-refractivity contribution in [2.75, 3.05) is 11.1 Å². The number of aromatic nitrogens is 3. The van der Waals surface area contributed by atoms with Gasteiger partial charge in [0.25, 0.3) is 0 Å². The van der Waals surface area contributed by atoms with Gasteiger partial charge >= 0.3 is 5.97 Å². The Morgan fingerprint density at radius 2 is 1.94 bits per heavy atom. The van der Waals surface area contributed by atoms with Crippen LogP contribution in [0.25, 0.3) is 22.6 Å². The fourth-order valence-corrected chi connectivity index (χ4v) is 3.35. The second kappa shape index (κ2) is 9.07. The summed E-state index contributed by atoms with van der Waals surface area (Å²) in [6, 6.07) is 14.9. The lowest BCUT2D eigenvalue weighted by Crippen LogP contribution is -2.02. The highest BCUT2D eigenvalue weighted by atomic mass is 35.5. The van der Waals surface area contributed by atoms with Crippen molar-refractivity contribution in [2.24, 2.45) is 0 Å². The minimum atomic E-state index is -0.890. The lowest BCUT2D eigenvalue weighted by molar-refractivity contribution is -0.137. The van der Waals surface area contributed by atoms with Gasteiger partial charge in [0.15, 0.2) is 11.7 Å². The van der Waals surface area contributed by atoms with Crippen LogP contribution < -0.4 is 11.1 Å². The molecular weight excluding hydrogens is 430 g/mol. The van der Waals surface area contributed by atoms with Crippen molar-refractivity contribution in [1.82, 2.24) is 15.0 Å². The van der Waals surface area contributed by atoms with E-state index >= 15 is 0 Å². The quantitative estimate of drug-likeness (QED) is 0.355. The summed E-state index contributed by atoms with van der Waals surface area (Å²) in [7, 11) is 0. The maximum absolute atomic E-state index is 10.7. The maximum Gasteiger partial charge on any atom is 0.303 e. The summed E-state index contributed by atoms with van der Waals surface area (Å²) in [6.45, 7) is 1.98. The molecule has 4 rings (SSSR count). The molecule has 9 heteroatoms. The van der Waals surface area contributed by atoms with Crippen LogP contribution in [0.4, 0.5) is 17.5 Å². The Bertz CT molecular complexity index is 1270. The molecule has 8 nitrogen and oxygen atoms in total. The Hall–Kier alpha value is -3.91. The third-order valence-corrected chi connectivity index (χ3v) is 5.00. The first-order chi connectivity index (χ1) is 15.4. The van der Waals surface area contributed by atoms with Gasteiger partial charge in [-0.05, 0) is 48.9 Å². The molecule has 0 bridgehead atoms. The molecule has 4 N–H and O–H groups in total. The molecule has 0 fully saturated rings. The summed E-state index contributed by atoms with van der Waals surface area (Å²) in [6.07, 6.45) is 1.81. The molecule has 0 amide bonds. The summed E-state index contributed by atoms with van der Waals surface area (Å²) < 4.78 is 5.64. The van der Waals surface area contributed by atoms with Crippen LogP contribution in [-0.4, -0.2) is 26.0 Å². The maximum atomic E-state index is 10.7. The molecule has 2 aromatic carbocycles. The number of carboxylic acid groups (broad SMARTS) is 1. The van der Waals surface area contributed by atoms with E-state index in [0.29, 0.717) is 28.2 Å². The molecule has 0 aliphatic heterocycles. The second-order valence-electron chi connectivity index (χ2n) is 7.17. The van der Waals surface area contributed by atoms with E-state index in [9.17, 15) is 4.79 Å². The molecule has 162 valence electrons. The molecule has 2 heterocycles. The van der Waals surface area contributed by atoms with Crippen LogP contribution in [0, 0.1) is 6.92 Å². The number of rotatable bonds is 7. The predicted molar refractivity (Wildman–Crippen MR) is 123 cm³/mol. The molecule has 0 saturated carbocycles. The first kappa shape index (κ1) is 21.3. The second-order valence-corrected chi connectivity index (χ2v) is 7.61. The van der Waals surface area contributed by atoms with Crippen LogP contribution >= 0.6 is 11.6 Å². The van der Waals surface area contributed by atoms with Crippen LogP contribution in [-0.2, 0) is 11.2 Å². The van der Waals surface area contributed by atoms with Gasteiger partial charge in [0, 0.05) is 34.3 Å². The number of nitrogen functional groups attached to an aromatic ring is 1. The SMILES string of the molecule is Cc1ccc(Cl)cc1-c1cc(Nc2ccc(-c3cnc(CCC(=O)O)o3)cc2)nc(N)n1. The molecule has 2 aromatic heterocycles. The monoisotopic (exact) mass is 449 g/mol. The van der Waals surface area contributed by atoms with E-state index in [2.05, 4.69) is 20.3 Å². The van der Waals surface area contributed by atoms with Crippen LogP contribution in [0.2, 0.25) is 5.02 Å². The summed E-state index contributed by atoms with van der Waals surface area (Å²) in [4.78, 5) is 23.4. The fraction of sp³-hybridized carbons (Fsp3) is 0.130. The number of hydrogen-bond acceptors (Lipinski definition) is 7. The highest BCUT2D eigenvalue weighted by Gasteiger charge is 2.11. The van der Waals surface area contributed by atoms with Gasteiger partial charge in [-0.15, -0.1) is 0 Å². The number of aryl methyl sites for hydroxylation is 2. The van der Waals surface area contributed by atoms with Crippen molar-refractivity contribution >= 4 is 35.0 Å². The van der Waals surface area contributed by atoms with E-state index in [4.69, 9.17) is 26.9 Å². The number of oxazole rings is 1. The van der Waals surface area contributed by atoms with Gasteiger partial charge in [-0.3, -0.25) is 4.79 Å².